The van der Waals surface area contributed by atoms with Crippen LogP contribution in [0.15, 0.2) is 0 Å². The van der Waals surface area contributed by atoms with Gasteiger partial charge in [0.1, 0.15) is 5.41 Å². The molecule has 0 aliphatic carbocycles. The highest BCUT2D eigenvalue weighted by Crippen LogP contribution is 2.49. The van der Waals surface area contributed by atoms with Crippen LogP contribution in [0.1, 0.15) is 138 Å². The van der Waals surface area contributed by atoms with Crippen molar-refractivity contribution in [3.05, 3.63) is 0 Å². The van der Waals surface area contributed by atoms with Crippen LogP contribution in [0.2, 0.25) is 0 Å². The fourth-order valence-electron chi connectivity index (χ4n) is 5.61. The average molecular weight is 529 g/mol. The smallest absolute Gasteiger partial charge is 0.337 e. The van der Waals surface area contributed by atoms with Gasteiger partial charge in [-0.15, -0.1) is 0 Å². The fraction of sp³-hybridized carbons (Fsp3) is 0.900. The summed E-state index contributed by atoms with van der Waals surface area (Å²) < 4.78 is 0. The molecule has 0 aromatic carbocycles. The van der Waals surface area contributed by atoms with Crippen LogP contribution in [-0.4, -0.2) is 43.9 Å². The molecule has 0 saturated carbocycles. The van der Waals surface area contributed by atoms with Crippen LogP contribution in [0, 0.1) is 29.1 Å². The Kier molecular flexibility index (Phi) is 17.0. The van der Waals surface area contributed by atoms with Gasteiger partial charge in [-0.3, -0.25) is 9.59 Å². The molecule has 5 unspecified atom stereocenters. The minimum absolute atomic E-state index is 0.0638. The maximum Gasteiger partial charge on any atom is 0.337 e. The van der Waals surface area contributed by atoms with E-state index in [1.165, 1.54) is 0 Å². The van der Waals surface area contributed by atoms with Gasteiger partial charge in [-0.05, 0) is 56.3 Å². The zero-order valence-electron chi connectivity index (χ0n) is 24.4. The zero-order chi connectivity index (χ0) is 28.6. The third kappa shape index (κ3) is 10.6. The van der Waals surface area contributed by atoms with Crippen molar-refractivity contribution in [2.75, 3.05) is 0 Å². The predicted octanol–water partition coefficient (Wildman–Crippen LogP) is 7.39. The number of aliphatic carboxylic acids is 3. The van der Waals surface area contributed by atoms with Crippen LogP contribution in [0.4, 0.5) is 0 Å². The molecular formula is C30H56O7. The van der Waals surface area contributed by atoms with Crippen LogP contribution >= 0.6 is 0 Å². The number of rotatable bonds is 23. The standard InChI is InChI=1S/C30H56O7/c1-7-10-13-22(4)16-17-25(26(31)32)30(37,28(35)36)29(27(33)34,20-18-23(5)14-11-8-2)21-19-24(6)15-12-9-3/h22-25,37H,7-21H2,1-6H3,(H,31,32)(H,33,34)(H,35,36). The number of carbonyl (C=O) groups is 3. The first-order valence-corrected chi connectivity index (χ1v) is 14.8. The van der Waals surface area contributed by atoms with Crippen molar-refractivity contribution in [1.82, 2.24) is 0 Å². The lowest BCUT2D eigenvalue weighted by Gasteiger charge is -2.45. The molecule has 37 heavy (non-hydrogen) atoms. The molecule has 0 aromatic rings. The molecule has 7 nitrogen and oxygen atoms in total. The lowest BCUT2D eigenvalue weighted by Crippen LogP contribution is -2.64. The molecular weight excluding hydrogens is 472 g/mol. The summed E-state index contributed by atoms with van der Waals surface area (Å²) in [5, 5.41) is 43.0. The van der Waals surface area contributed by atoms with Crippen LogP contribution in [0.5, 0.6) is 0 Å². The lowest BCUT2D eigenvalue weighted by atomic mass is 9.59. The number of carboxylic acid groups (broad SMARTS) is 3. The molecule has 5 atom stereocenters. The van der Waals surface area contributed by atoms with Crippen molar-refractivity contribution in [1.29, 1.82) is 0 Å². The third-order valence-corrected chi connectivity index (χ3v) is 8.49. The first-order valence-electron chi connectivity index (χ1n) is 14.8. The molecule has 0 heterocycles. The topological polar surface area (TPSA) is 132 Å². The van der Waals surface area contributed by atoms with Crippen molar-refractivity contribution < 1.29 is 34.8 Å². The van der Waals surface area contributed by atoms with Crippen LogP contribution in [0.25, 0.3) is 0 Å². The Morgan fingerprint density at radius 3 is 1.27 bits per heavy atom. The van der Waals surface area contributed by atoms with E-state index in [1.54, 1.807) is 0 Å². The van der Waals surface area contributed by atoms with Crippen molar-refractivity contribution >= 4 is 17.9 Å². The maximum atomic E-state index is 13.0. The number of hydrogen-bond acceptors (Lipinski definition) is 4. The molecule has 0 aliphatic heterocycles. The number of carboxylic acids is 3. The minimum atomic E-state index is -2.91. The molecule has 7 heteroatoms. The van der Waals surface area contributed by atoms with E-state index >= 15 is 0 Å². The van der Waals surface area contributed by atoms with Gasteiger partial charge in [0.05, 0.1) is 5.92 Å². The van der Waals surface area contributed by atoms with Gasteiger partial charge in [0.25, 0.3) is 0 Å². The summed E-state index contributed by atoms with van der Waals surface area (Å²) in [5.41, 5.74) is -5.00. The van der Waals surface area contributed by atoms with Crippen LogP contribution in [-0.2, 0) is 14.4 Å². The summed E-state index contributed by atoms with van der Waals surface area (Å²) in [5.74, 6) is -5.86. The van der Waals surface area contributed by atoms with Gasteiger partial charge < -0.3 is 20.4 Å². The van der Waals surface area contributed by atoms with Gasteiger partial charge in [-0.2, -0.15) is 0 Å². The van der Waals surface area contributed by atoms with Crippen LogP contribution in [0.3, 0.4) is 0 Å². The molecule has 0 bridgehead atoms. The summed E-state index contributed by atoms with van der Waals surface area (Å²) in [6.07, 6.45) is 9.62. The Morgan fingerprint density at radius 2 is 0.973 bits per heavy atom. The Balaban J connectivity index is 6.46. The summed E-state index contributed by atoms with van der Waals surface area (Å²) in [6.45, 7) is 12.2. The highest BCUT2D eigenvalue weighted by molar-refractivity contribution is 5.93. The fourth-order valence-corrected chi connectivity index (χ4v) is 5.61. The van der Waals surface area contributed by atoms with Crippen LogP contribution < -0.4 is 0 Å². The predicted molar refractivity (Wildman–Crippen MR) is 148 cm³/mol. The first-order chi connectivity index (χ1) is 17.3. The zero-order valence-corrected chi connectivity index (χ0v) is 24.4. The van der Waals surface area contributed by atoms with Gasteiger partial charge in [-0.1, -0.05) is 99.3 Å². The summed E-state index contributed by atoms with van der Waals surface area (Å²) >= 11 is 0. The number of aliphatic hydroxyl groups is 1. The van der Waals surface area contributed by atoms with Crippen molar-refractivity contribution in [2.45, 2.75) is 143 Å². The maximum absolute atomic E-state index is 13.0. The van der Waals surface area contributed by atoms with E-state index in [9.17, 15) is 34.8 Å². The Morgan fingerprint density at radius 1 is 0.595 bits per heavy atom. The highest BCUT2D eigenvalue weighted by Gasteiger charge is 2.65. The van der Waals surface area contributed by atoms with E-state index in [0.29, 0.717) is 19.3 Å². The van der Waals surface area contributed by atoms with E-state index in [4.69, 9.17) is 0 Å². The largest absolute Gasteiger partial charge is 0.481 e. The Labute approximate surface area is 225 Å². The quantitative estimate of drug-likeness (QED) is 0.109. The van der Waals surface area contributed by atoms with E-state index in [0.717, 1.165) is 57.8 Å². The molecule has 0 saturated heterocycles. The third-order valence-electron chi connectivity index (χ3n) is 8.49. The Bertz CT molecular complexity index is 659. The highest BCUT2D eigenvalue weighted by atomic mass is 16.4. The number of unbranched alkanes of at least 4 members (excludes halogenated alkanes) is 3. The summed E-state index contributed by atoms with van der Waals surface area (Å²) in [7, 11) is 0. The van der Waals surface area contributed by atoms with Gasteiger partial charge >= 0.3 is 17.9 Å². The normalized spacial score (nSPS) is 18.2. The minimum Gasteiger partial charge on any atom is -0.481 e. The molecule has 0 fully saturated rings. The van der Waals surface area contributed by atoms with Gasteiger partial charge in [0.15, 0.2) is 5.60 Å². The van der Waals surface area contributed by atoms with E-state index < -0.39 is 34.8 Å². The van der Waals surface area contributed by atoms with Gasteiger partial charge in [0.2, 0.25) is 0 Å². The van der Waals surface area contributed by atoms with E-state index in [2.05, 4.69) is 20.8 Å². The first kappa shape index (κ1) is 35.4. The molecule has 0 amide bonds. The lowest BCUT2D eigenvalue weighted by molar-refractivity contribution is -0.208. The van der Waals surface area contributed by atoms with E-state index in [-0.39, 0.29) is 37.0 Å². The molecule has 0 radical (unpaired) electrons. The summed E-state index contributed by atoms with van der Waals surface area (Å²) in [4.78, 5) is 38.3. The van der Waals surface area contributed by atoms with Crippen molar-refractivity contribution in [3.8, 4) is 0 Å². The molecule has 4 N–H and O–H groups in total. The molecule has 0 aliphatic rings. The summed E-state index contributed by atoms with van der Waals surface area (Å²) in [6, 6.07) is 0. The SMILES string of the molecule is CCCCC(C)CCC(C(=O)O)C(O)(C(=O)O)C(CCC(C)CCCC)(CCC(C)CCCC)C(=O)O. The second kappa shape index (κ2) is 17.8. The van der Waals surface area contributed by atoms with E-state index in [1.807, 2.05) is 20.8 Å². The monoisotopic (exact) mass is 528 g/mol. The van der Waals surface area contributed by atoms with Crippen molar-refractivity contribution in [2.24, 2.45) is 29.1 Å². The molecule has 0 spiro atoms. The molecule has 0 aromatic heterocycles. The van der Waals surface area contributed by atoms with Gasteiger partial charge in [-0.25, -0.2) is 4.79 Å². The van der Waals surface area contributed by atoms with Gasteiger partial charge in [0, 0.05) is 0 Å². The second-order valence-electron chi connectivity index (χ2n) is 11.7. The Hall–Kier alpha value is -1.63. The molecule has 218 valence electrons. The number of hydrogen-bond donors (Lipinski definition) is 4. The second-order valence-corrected chi connectivity index (χ2v) is 11.7. The average Bonchev–Trinajstić information content (AvgIpc) is 2.84. The van der Waals surface area contributed by atoms with Crippen molar-refractivity contribution in [3.63, 3.8) is 0 Å². The molecule has 0 rings (SSSR count).